The van der Waals surface area contributed by atoms with Crippen molar-refractivity contribution in [1.29, 1.82) is 0 Å². The van der Waals surface area contributed by atoms with E-state index in [0.717, 1.165) is 3.57 Å². The zero-order valence-corrected chi connectivity index (χ0v) is 22.2. The largest absolute Gasteiger partial charge is 0.482 e. The zero-order valence-electron chi connectivity index (χ0n) is 20.0. The highest BCUT2D eigenvalue weighted by Gasteiger charge is 2.42. The quantitative estimate of drug-likeness (QED) is 0.245. The second-order valence-electron chi connectivity index (χ2n) is 8.59. The number of halogens is 1. The van der Waals surface area contributed by atoms with Gasteiger partial charge in [0.25, 0.3) is 0 Å². The minimum absolute atomic E-state index is 0.0897. The van der Waals surface area contributed by atoms with E-state index in [9.17, 15) is 14.7 Å². The average Bonchev–Trinajstić information content (AvgIpc) is 3.40. The lowest BCUT2D eigenvalue weighted by molar-refractivity contribution is -0.143. The first-order valence-electron chi connectivity index (χ1n) is 12.1. The molecular formula is C25H35IN2O7. The van der Waals surface area contributed by atoms with E-state index in [2.05, 4.69) is 27.9 Å². The highest BCUT2D eigenvalue weighted by molar-refractivity contribution is 14.1. The van der Waals surface area contributed by atoms with E-state index >= 15 is 0 Å². The predicted molar refractivity (Wildman–Crippen MR) is 138 cm³/mol. The molecule has 2 aliphatic rings. The lowest BCUT2D eigenvalue weighted by Gasteiger charge is -2.41. The van der Waals surface area contributed by atoms with Crippen molar-refractivity contribution in [3.8, 4) is 5.75 Å². The molecule has 9 nitrogen and oxygen atoms in total. The van der Waals surface area contributed by atoms with Gasteiger partial charge in [-0.2, -0.15) is 0 Å². The summed E-state index contributed by atoms with van der Waals surface area (Å²) in [7, 11) is 0. The SMILES string of the molecule is CCOCCCN(C(=O)C1CCOC1)[C@@H]1CC(C(=O)NCCO)=C[C@H](Oc2ccccc2I)[C@H]1O. The topological polar surface area (TPSA) is 118 Å². The molecule has 0 radical (unpaired) electrons. The van der Waals surface area contributed by atoms with Crippen molar-refractivity contribution >= 4 is 34.4 Å². The van der Waals surface area contributed by atoms with E-state index < -0.39 is 18.2 Å². The molecule has 3 N–H and O–H groups in total. The van der Waals surface area contributed by atoms with Gasteiger partial charge in [-0.05, 0) is 60.6 Å². The fraction of sp³-hybridized carbons (Fsp3) is 0.600. The second kappa shape index (κ2) is 14.1. The molecule has 1 fully saturated rings. The Hall–Kier alpha value is -1.73. The summed E-state index contributed by atoms with van der Waals surface area (Å²) >= 11 is 2.15. The van der Waals surface area contributed by atoms with Gasteiger partial charge in [-0.15, -0.1) is 0 Å². The number of carbonyl (C=O) groups is 2. The zero-order chi connectivity index (χ0) is 25.2. The minimum atomic E-state index is -1.04. The summed E-state index contributed by atoms with van der Waals surface area (Å²) in [6.45, 7) is 4.19. The van der Waals surface area contributed by atoms with Crippen LogP contribution in [0.1, 0.15) is 26.2 Å². The second-order valence-corrected chi connectivity index (χ2v) is 9.75. The van der Waals surface area contributed by atoms with Crippen molar-refractivity contribution in [3.63, 3.8) is 0 Å². The van der Waals surface area contributed by atoms with Gasteiger partial charge in [0.1, 0.15) is 18.0 Å². The number of benzene rings is 1. The Kier molecular flexibility index (Phi) is 11.2. The summed E-state index contributed by atoms with van der Waals surface area (Å²) in [5.41, 5.74) is 0.412. The molecule has 1 aromatic rings. The monoisotopic (exact) mass is 602 g/mol. The molecule has 194 valence electrons. The Morgan fingerprint density at radius 2 is 2.11 bits per heavy atom. The normalized spacial score (nSPS) is 24.1. The van der Waals surface area contributed by atoms with Crippen LogP contribution in [0, 0.1) is 9.49 Å². The van der Waals surface area contributed by atoms with Crippen LogP contribution in [0.4, 0.5) is 0 Å². The van der Waals surface area contributed by atoms with Crippen LogP contribution >= 0.6 is 22.6 Å². The number of hydrogen-bond donors (Lipinski definition) is 3. The highest BCUT2D eigenvalue weighted by Crippen LogP contribution is 2.31. The number of para-hydroxylation sites is 1. The fourth-order valence-corrected chi connectivity index (χ4v) is 4.87. The van der Waals surface area contributed by atoms with Crippen molar-refractivity contribution < 1.29 is 34.0 Å². The molecule has 1 aliphatic heterocycles. The summed E-state index contributed by atoms with van der Waals surface area (Å²) in [5.74, 6) is -0.129. The molecule has 10 heteroatoms. The van der Waals surface area contributed by atoms with Crippen molar-refractivity contribution in [2.24, 2.45) is 5.92 Å². The molecule has 0 aromatic heterocycles. The van der Waals surface area contributed by atoms with Crippen molar-refractivity contribution in [1.82, 2.24) is 10.2 Å². The van der Waals surface area contributed by atoms with E-state index in [1.165, 1.54) is 0 Å². The number of ether oxygens (including phenoxy) is 3. The summed E-state index contributed by atoms with van der Waals surface area (Å²) < 4.78 is 17.9. The highest BCUT2D eigenvalue weighted by atomic mass is 127. The molecule has 0 saturated carbocycles. The van der Waals surface area contributed by atoms with Gasteiger partial charge in [-0.1, -0.05) is 12.1 Å². The van der Waals surface area contributed by atoms with Crippen molar-refractivity contribution in [2.45, 2.75) is 44.4 Å². The lowest BCUT2D eigenvalue weighted by Crippen LogP contribution is -2.56. The van der Waals surface area contributed by atoms with E-state index in [1.807, 2.05) is 25.1 Å². The molecule has 1 unspecified atom stereocenters. The van der Waals surface area contributed by atoms with Crippen LogP contribution in [0.3, 0.4) is 0 Å². The van der Waals surface area contributed by atoms with Gasteiger partial charge in [0.2, 0.25) is 11.8 Å². The van der Waals surface area contributed by atoms with E-state index in [0.29, 0.717) is 57.1 Å². The number of amides is 2. The third-order valence-electron chi connectivity index (χ3n) is 6.17. The molecule has 2 amide bonds. The van der Waals surface area contributed by atoms with Gasteiger partial charge in [0.05, 0.1) is 28.7 Å². The van der Waals surface area contributed by atoms with Gasteiger partial charge in [0, 0.05) is 44.9 Å². The first-order chi connectivity index (χ1) is 17.0. The third-order valence-corrected chi connectivity index (χ3v) is 7.06. The van der Waals surface area contributed by atoms with Gasteiger partial charge >= 0.3 is 0 Å². The first kappa shape index (κ1) is 27.9. The van der Waals surface area contributed by atoms with Crippen molar-refractivity contribution in [2.75, 3.05) is 46.1 Å². The Morgan fingerprint density at radius 3 is 2.80 bits per heavy atom. The minimum Gasteiger partial charge on any atom is -0.482 e. The standard InChI is InChI=1S/C25H35IN2O7/c1-2-33-12-5-10-28(25(32)17-8-13-34-16-17)20-14-18(24(31)27-9-11-29)15-22(23(20)30)35-21-7-4-3-6-19(21)26/h3-4,6-7,15,17,20,22-23,29-30H,2,5,8-14,16H2,1H3,(H,27,31)/t17?,20-,22+,23+/m1/s1. The number of rotatable bonds is 12. The molecule has 35 heavy (non-hydrogen) atoms. The smallest absolute Gasteiger partial charge is 0.247 e. The Bertz CT molecular complexity index is 875. The molecule has 1 saturated heterocycles. The maximum absolute atomic E-state index is 13.5. The van der Waals surface area contributed by atoms with Gasteiger partial charge in [-0.25, -0.2) is 0 Å². The number of aliphatic hydroxyl groups is 2. The van der Waals surface area contributed by atoms with E-state index in [4.69, 9.17) is 19.3 Å². The lowest BCUT2D eigenvalue weighted by atomic mass is 9.87. The molecule has 3 rings (SSSR count). The maximum Gasteiger partial charge on any atom is 0.247 e. The number of hydrogen-bond acceptors (Lipinski definition) is 7. The van der Waals surface area contributed by atoms with Gasteiger partial charge in [-0.3, -0.25) is 9.59 Å². The number of aliphatic hydroxyl groups excluding tert-OH is 2. The van der Waals surface area contributed by atoms with Gasteiger partial charge < -0.3 is 34.6 Å². The molecule has 0 bridgehead atoms. The van der Waals surface area contributed by atoms with Crippen LogP contribution < -0.4 is 10.1 Å². The fourth-order valence-electron chi connectivity index (χ4n) is 4.35. The third kappa shape index (κ3) is 7.63. The van der Waals surface area contributed by atoms with Crippen LogP contribution in [0.2, 0.25) is 0 Å². The predicted octanol–water partition coefficient (Wildman–Crippen LogP) is 1.50. The van der Waals surface area contributed by atoms with Gasteiger partial charge in [0.15, 0.2) is 0 Å². The molecule has 4 atom stereocenters. The Labute approximate surface area is 219 Å². The molecular weight excluding hydrogens is 567 g/mol. The number of nitrogens with zero attached hydrogens (tertiary/aromatic N) is 1. The van der Waals surface area contributed by atoms with E-state index in [1.54, 1.807) is 17.0 Å². The summed E-state index contributed by atoms with van der Waals surface area (Å²) in [6.07, 6.45) is 1.16. The summed E-state index contributed by atoms with van der Waals surface area (Å²) in [6, 6.07) is 6.77. The van der Waals surface area contributed by atoms with Crippen LogP contribution in [0.15, 0.2) is 35.9 Å². The Balaban J connectivity index is 1.89. The maximum atomic E-state index is 13.5. The average molecular weight is 602 g/mol. The molecule has 0 spiro atoms. The van der Waals surface area contributed by atoms with Crippen LogP contribution in [0.25, 0.3) is 0 Å². The summed E-state index contributed by atoms with van der Waals surface area (Å²) in [4.78, 5) is 28.1. The number of carbonyl (C=O) groups excluding carboxylic acids is 2. The molecule has 1 aliphatic carbocycles. The van der Waals surface area contributed by atoms with Crippen LogP contribution in [0.5, 0.6) is 5.75 Å². The Morgan fingerprint density at radius 1 is 1.31 bits per heavy atom. The van der Waals surface area contributed by atoms with E-state index in [-0.39, 0.29) is 37.3 Å². The number of nitrogens with one attached hydrogen (secondary N) is 1. The molecule has 1 heterocycles. The van der Waals surface area contributed by atoms with Crippen molar-refractivity contribution in [3.05, 3.63) is 39.5 Å². The first-order valence-corrected chi connectivity index (χ1v) is 13.2. The molecule has 1 aromatic carbocycles. The van der Waals surface area contributed by atoms with Crippen LogP contribution in [-0.2, 0) is 19.1 Å². The summed E-state index contributed by atoms with van der Waals surface area (Å²) in [5, 5.41) is 23.2. The van der Waals surface area contributed by atoms with Crippen LogP contribution in [-0.4, -0.2) is 91.3 Å².